The van der Waals surface area contributed by atoms with Crippen LogP contribution < -0.4 is 5.32 Å². The number of amides is 1. The van der Waals surface area contributed by atoms with Gasteiger partial charge in [0, 0.05) is 29.1 Å². The first kappa shape index (κ1) is 17.8. The Kier molecular flexibility index (Phi) is 5.13. The summed E-state index contributed by atoms with van der Waals surface area (Å²) in [5.41, 5.74) is 0.241. The van der Waals surface area contributed by atoms with Gasteiger partial charge in [0.1, 0.15) is 11.3 Å². The summed E-state index contributed by atoms with van der Waals surface area (Å²) in [6.07, 6.45) is 2.47. The molecule has 0 bridgehead atoms. The molecule has 0 aliphatic carbocycles. The number of fused-ring (bicyclic) bond motifs is 1. The number of rotatable bonds is 6. The topological polar surface area (TPSA) is 105 Å². The highest BCUT2D eigenvalue weighted by Crippen LogP contribution is 2.40. The fraction of sp³-hybridized carbons (Fsp3) is 0.222. The molecule has 0 fully saturated rings. The van der Waals surface area contributed by atoms with Crippen LogP contribution in [0.25, 0.3) is 10.9 Å². The van der Waals surface area contributed by atoms with Crippen LogP contribution in [0.2, 0.25) is 0 Å². The molecule has 0 spiro atoms. The largest absolute Gasteiger partial charge is 0.505 e. The minimum absolute atomic E-state index is 0.142. The van der Waals surface area contributed by atoms with E-state index in [9.17, 15) is 20.0 Å². The van der Waals surface area contributed by atoms with Crippen molar-refractivity contribution in [2.75, 3.05) is 0 Å². The first-order valence-corrected chi connectivity index (χ1v) is 8.98. The van der Waals surface area contributed by atoms with E-state index in [1.54, 1.807) is 12.1 Å². The molecular weight excluding hydrogens is 354 g/mol. The minimum Gasteiger partial charge on any atom is -0.505 e. The van der Waals surface area contributed by atoms with Crippen LogP contribution in [0.1, 0.15) is 36.2 Å². The minimum atomic E-state index is -0.681. The Morgan fingerprint density at radius 1 is 1.42 bits per heavy atom. The van der Waals surface area contributed by atoms with E-state index in [1.807, 2.05) is 24.4 Å². The molecule has 0 saturated heterocycles. The molecule has 0 aliphatic rings. The Bertz CT molecular complexity index is 956. The summed E-state index contributed by atoms with van der Waals surface area (Å²) < 4.78 is 0. The van der Waals surface area contributed by atoms with Gasteiger partial charge in [-0.15, -0.1) is 11.3 Å². The van der Waals surface area contributed by atoms with Crippen molar-refractivity contribution in [2.24, 2.45) is 0 Å². The highest BCUT2D eigenvalue weighted by molar-refractivity contribution is 7.10. The summed E-state index contributed by atoms with van der Waals surface area (Å²) in [5.74, 6) is -0.351. The number of carbonyl (C=O) groups is 1. The van der Waals surface area contributed by atoms with Crippen molar-refractivity contribution in [3.8, 4) is 5.75 Å². The lowest BCUT2D eigenvalue weighted by Crippen LogP contribution is -2.28. The van der Waals surface area contributed by atoms with Crippen LogP contribution in [-0.4, -0.2) is 20.9 Å². The fourth-order valence-corrected chi connectivity index (χ4v) is 3.61. The molecule has 2 heterocycles. The second-order valence-corrected chi connectivity index (χ2v) is 6.74. The highest BCUT2D eigenvalue weighted by atomic mass is 32.1. The summed E-state index contributed by atoms with van der Waals surface area (Å²) in [5, 5.41) is 27.2. The van der Waals surface area contributed by atoms with E-state index in [1.165, 1.54) is 23.6 Å². The first-order valence-electron chi connectivity index (χ1n) is 8.10. The van der Waals surface area contributed by atoms with Crippen molar-refractivity contribution in [1.29, 1.82) is 0 Å². The number of thiophene rings is 1. The number of nitro groups is 1. The SMILES string of the molecule is CCCC(=O)N[C@@H](c1cccs1)c1cc([N+](=O)[O-])c2cccnc2c1O. The number of hydrogen-bond acceptors (Lipinski definition) is 6. The molecule has 134 valence electrons. The van der Waals surface area contributed by atoms with E-state index in [2.05, 4.69) is 10.3 Å². The number of non-ortho nitro benzene ring substituents is 1. The highest BCUT2D eigenvalue weighted by Gasteiger charge is 2.27. The smallest absolute Gasteiger partial charge is 0.279 e. The third kappa shape index (κ3) is 3.36. The second kappa shape index (κ2) is 7.49. The third-order valence-electron chi connectivity index (χ3n) is 3.99. The van der Waals surface area contributed by atoms with Gasteiger partial charge in [-0.1, -0.05) is 13.0 Å². The summed E-state index contributed by atoms with van der Waals surface area (Å²) in [7, 11) is 0. The van der Waals surface area contributed by atoms with Crippen molar-refractivity contribution in [3.63, 3.8) is 0 Å². The molecule has 2 aromatic heterocycles. The van der Waals surface area contributed by atoms with Gasteiger partial charge < -0.3 is 10.4 Å². The maximum atomic E-state index is 12.2. The quantitative estimate of drug-likeness (QED) is 0.505. The van der Waals surface area contributed by atoms with Gasteiger partial charge in [-0.3, -0.25) is 19.9 Å². The Morgan fingerprint density at radius 3 is 2.88 bits per heavy atom. The third-order valence-corrected chi connectivity index (χ3v) is 4.93. The van der Waals surface area contributed by atoms with Crippen molar-refractivity contribution < 1.29 is 14.8 Å². The van der Waals surface area contributed by atoms with Gasteiger partial charge in [0.05, 0.1) is 16.4 Å². The number of hydrogen-bond donors (Lipinski definition) is 2. The molecule has 8 heteroatoms. The molecule has 3 rings (SSSR count). The van der Waals surface area contributed by atoms with Crippen molar-refractivity contribution in [2.45, 2.75) is 25.8 Å². The zero-order valence-electron chi connectivity index (χ0n) is 14.0. The molecule has 3 aromatic rings. The molecule has 0 aliphatic heterocycles. The van der Waals surface area contributed by atoms with E-state index >= 15 is 0 Å². The predicted molar refractivity (Wildman–Crippen MR) is 99.3 cm³/mol. The van der Waals surface area contributed by atoms with Crippen LogP contribution in [0.15, 0.2) is 41.9 Å². The Balaban J connectivity index is 2.20. The van der Waals surface area contributed by atoms with Crippen LogP contribution in [-0.2, 0) is 4.79 Å². The number of benzene rings is 1. The molecule has 0 unspecified atom stereocenters. The number of nitro benzene ring substituents is 1. The maximum absolute atomic E-state index is 12.2. The number of nitrogens with zero attached hydrogens (tertiary/aromatic N) is 2. The zero-order valence-corrected chi connectivity index (χ0v) is 14.8. The summed E-state index contributed by atoms with van der Waals surface area (Å²) >= 11 is 1.40. The number of pyridine rings is 1. The average molecular weight is 371 g/mol. The van der Waals surface area contributed by atoms with Crippen molar-refractivity contribution >= 4 is 33.8 Å². The van der Waals surface area contributed by atoms with Gasteiger partial charge >= 0.3 is 0 Å². The molecule has 26 heavy (non-hydrogen) atoms. The lowest BCUT2D eigenvalue weighted by Gasteiger charge is -2.20. The van der Waals surface area contributed by atoms with Crippen molar-refractivity contribution in [1.82, 2.24) is 10.3 Å². The zero-order chi connectivity index (χ0) is 18.7. The van der Waals surface area contributed by atoms with Gasteiger partial charge in [0.2, 0.25) is 5.91 Å². The average Bonchev–Trinajstić information content (AvgIpc) is 3.15. The molecule has 1 atom stereocenters. The molecule has 7 nitrogen and oxygen atoms in total. The Morgan fingerprint density at radius 2 is 2.23 bits per heavy atom. The molecule has 0 saturated carbocycles. The van der Waals surface area contributed by atoms with Crippen molar-refractivity contribution in [3.05, 3.63) is 62.5 Å². The van der Waals surface area contributed by atoms with Gasteiger partial charge in [0.25, 0.3) is 5.69 Å². The van der Waals surface area contributed by atoms with Crippen LogP contribution in [0.5, 0.6) is 5.75 Å². The normalized spacial score (nSPS) is 12.0. The van der Waals surface area contributed by atoms with Gasteiger partial charge in [-0.05, 0) is 30.0 Å². The van der Waals surface area contributed by atoms with Gasteiger partial charge in [-0.2, -0.15) is 0 Å². The summed E-state index contributed by atoms with van der Waals surface area (Å²) in [6, 6.07) is 7.39. The number of nitrogens with one attached hydrogen (secondary N) is 1. The van der Waals surface area contributed by atoms with E-state index in [-0.39, 0.29) is 33.8 Å². The lowest BCUT2D eigenvalue weighted by atomic mass is 9.99. The Hall–Kier alpha value is -3.00. The Labute approximate surface area is 153 Å². The molecule has 1 amide bonds. The van der Waals surface area contributed by atoms with Crippen LogP contribution in [0.3, 0.4) is 0 Å². The molecule has 1 aromatic carbocycles. The van der Waals surface area contributed by atoms with Gasteiger partial charge in [0.15, 0.2) is 0 Å². The van der Waals surface area contributed by atoms with Crippen LogP contribution in [0, 0.1) is 10.1 Å². The van der Waals surface area contributed by atoms with Gasteiger partial charge in [-0.25, -0.2) is 0 Å². The lowest BCUT2D eigenvalue weighted by molar-refractivity contribution is -0.383. The number of phenolic OH excluding ortho intramolecular Hbond substituents is 1. The van der Waals surface area contributed by atoms with E-state index in [0.29, 0.717) is 12.8 Å². The van der Waals surface area contributed by atoms with E-state index in [0.717, 1.165) is 4.88 Å². The summed E-state index contributed by atoms with van der Waals surface area (Å²) in [6.45, 7) is 1.89. The number of phenols is 1. The molecule has 2 N–H and O–H groups in total. The van der Waals surface area contributed by atoms with E-state index < -0.39 is 11.0 Å². The van der Waals surface area contributed by atoms with E-state index in [4.69, 9.17) is 0 Å². The fourth-order valence-electron chi connectivity index (χ4n) is 2.82. The van der Waals surface area contributed by atoms with Crippen LogP contribution in [0.4, 0.5) is 5.69 Å². The monoisotopic (exact) mass is 371 g/mol. The number of aromatic hydroxyl groups is 1. The molecular formula is C18H17N3O4S. The molecule has 0 radical (unpaired) electrons. The predicted octanol–water partition coefficient (Wildman–Crippen LogP) is 3.92. The maximum Gasteiger partial charge on any atom is 0.279 e. The first-order chi connectivity index (χ1) is 12.5. The number of aromatic nitrogens is 1. The standard InChI is InChI=1S/C18H17N3O4S/c1-2-5-15(22)20-16(14-7-4-9-26-14)12-10-13(21(24)25)11-6-3-8-19-17(11)18(12)23/h3-4,6-10,16,23H,2,5H2,1H3,(H,20,22)/t16-/m1/s1. The second-order valence-electron chi connectivity index (χ2n) is 5.76. The summed E-state index contributed by atoms with van der Waals surface area (Å²) in [4.78, 5) is 28.1. The van der Waals surface area contributed by atoms with Crippen LogP contribution >= 0.6 is 11.3 Å². The number of carbonyl (C=O) groups excluding carboxylic acids is 1.